The number of amides is 2. The second-order valence-electron chi connectivity index (χ2n) is 5.89. The molecule has 2 rings (SSSR count). The van der Waals surface area contributed by atoms with Crippen molar-refractivity contribution in [3.8, 4) is 11.5 Å². The van der Waals surface area contributed by atoms with E-state index in [-0.39, 0.29) is 12.3 Å². The molecule has 0 spiro atoms. The first kappa shape index (κ1) is 20.8. The highest BCUT2D eigenvalue weighted by molar-refractivity contribution is 5.97. The van der Waals surface area contributed by atoms with Gasteiger partial charge in [0.25, 0.3) is 5.91 Å². The average Bonchev–Trinajstić information content (AvgIpc) is 2.70. The lowest BCUT2D eigenvalue weighted by Crippen LogP contribution is -2.29. The lowest BCUT2D eigenvalue weighted by Gasteiger charge is -2.10. The summed E-state index contributed by atoms with van der Waals surface area (Å²) in [5, 5.41) is 13.6. The molecule has 0 saturated carbocycles. The van der Waals surface area contributed by atoms with Crippen LogP contribution in [0.2, 0.25) is 0 Å². The molecule has 0 aliphatic carbocycles. The number of carboxylic acid groups (broad SMARTS) is 1. The van der Waals surface area contributed by atoms with Crippen LogP contribution in [-0.2, 0) is 16.0 Å². The van der Waals surface area contributed by atoms with Crippen molar-refractivity contribution in [2.45, 2.75) is 12.8 Å². The molecular formula is C20H22N2O6. The highest BCUT2D eigenvalue weighted by Crippen LogP contribution is 2.28. The average molecular weight is 386 g/mol. The highest BCUT2D eigenvalue weighted by Gasteiger charge is 2.09. The van der Waals surface area contributed by atoms with Gasteiger partial charge in [0.1, 0.15) is 6.54 Å². The van der Waals surface area contributed by atoms with E-state index in [9.17, 15) is 14.4 Å². The number of aliphatic carboxylic acids is 1. The van der Waals surface area contributed by atoms with Gasteiger partial charge in [-0.2, -0.15) is 0 Å². The summed E-state index contributed by atoms with van der Waals surface area (Å²) in [6.07, 6.45) is 0.804. The second-order valence-corrected chi connectivity index (χ2v) is 5.89. The molecule has 0 unspecified atom stereocenters. The van der Waals surface area contributed by atoms with Gasteiger partial charge in [-0.05, 0) is 48.4 Å². The van der Waals surface area contributed by atoms with E-state index in [0.29, 0.717) is 29.2 Å². The molecule has 8 heteroatoms. The summed E-state index contributed by atoms with van der Waals surface area (Å²) in [6, 6.07) is 11.7. The molecule has 3 N–H and O–H groups in total. The SMILES string of the molecule is COc1ccc(CCC(=O)Nc2ccc(C(=O)NCC(=O)O)cc2)cc1OC. The van der Waals surface area contributed by atoms with Crippen molar-refractivity contribution in [3.63, 3.8) is 0 Å². The van der Waals surface area contributed by atoms with Crippen molar-refractivity contribution < 1.29 is 29.0 Å². The summed E-state index contributed by atoms with van der Waals surface area (Å²) in [5.41, 5.74) is 1.80. The Balaban J connectivity index is 1.87. The molecule has 0 saturated heterocycles. The van der Waals surface area contributed by atoms with E-state index in [0.717, 1.165) is 5.56 Å². The van der Waals surface area contributed by atoms with E-state index >= 15 is 0 Å². The minimum atomic E-state index is -1.12. The number of aryl methyl sites for hydroxylation is 1. The summed E-state index contributed by atoms with van der Waals surface area (Å²) in [5.74, 6) is -0.543. The number of carbonyl (C=O) groups is 3. The molecule has 0 aliphatic rings. The van der Waals surface area contributed by atoms with Gasteiger partial charge in [-0.15, -0.1) is 0 Å². The number of hydrogen-bond donors (Lipinski definition) is 3. The molecule has 2 aromatic rings. The maximum absolute atomic E-state index is 12.1. The Morgan fingerprint density at radius 2 is 1.64 bits per heavy atom. The van der Waals surface area contributed by atoms with Crippen LogP contribution in [0.4, 0.5) is 5.69 Å². The van der Waals surface area contributed by atoms with Crippen LogP contribution < -0.4 is 20.1 Å². The van der Waals surface area contributed by atoms with Crippen molar-refractivity contribution in [1.82, 2.24) is 5.32 Å². The maximum Gasteiger partial charge on any atom is 0.322 e. The van der Waals surface area contributed by atoms with E-state index in [2.05, 4.69) is 10.6 Å². The fourth-order valence-corrected chi connectivity index (χ4v) is 2.48. The summed E-state index contributed by atoms with van der Waals surface area (Å²) < 4.78 is 10.4. The van der Waals surface area contributed by atoms with Gasteiger partial charge in [0, 0.05) is 17.7 Å². The number of nitrogens with one attached hydrogen (secondary N) is 2. The number of ether oxygens (including phenoxy) is 2. The van der Waals surface area contributed by atoms with Crippen LogP contribution in [0.15, 0.2) is 42.5 Å². The number of hydrogen-bond acceptors (Lipinski definition) is 5. The molecule has 148 valence electrons. The first-order valence-electron chi connectivity index (χ1n) is 8.53. The second kappa shape index (κ2) is 9.96. The van der Waals surface area contributed by atoms with Gasteiger partial charge < -0.3 is 25.2 Å². The first-order chi connectivity index (χ1) is 13.4. The van der Waals surface area contributed by atoms with Crippen molar-refractivity contribution >= 4 is 23.5 Å². The summed E-state index contributed by atoms with van der Waals surface area (Å²) in [4.78, 5) is 34.4. The molecule has 0 atom stereocenters. The van der Waals surface area contributed by atoms with Gasteiger partial charge >= 0.3 is 5.97 Å². The largest absolute Gasteiger partial charge is 0.493 e. The molecule has 0 bridgehead atoms. The Morgan fingerprint density at radius 3 is 2.25 bits per heavy atom. The fraction of sp³-hybridized carbons (Fsp3) is 0.250. The topological polar surface area (TPSA) is 114 Å². The lowest BCUT2D eigenvalue weighted by molar-refractivity contribution is -0.135. The predicted octanol–water partition coefficient (Wildman–Crippen LogP) is 2.09. The van der Waals surface area contributed by atoms with E-state index in [4.69, 9.17) is 14.6 Å². The van der Waals surface area contributed by atoms with Crippen LogP contribution in [-0.4, -0.2) is 43.7 Å². The van der Waals surface area contributed by atoms with E-state index in [1.807, 2.05) is 12.1 Å². The predicted molar refractivity (Wildman–Crippen MR) is 103 cm³/mol. The number of anilines is 1. The van der Waals surface area contributed by atoms with Gasteiger partial charge in [-0.3, -0.25) is 14.4 Å². The molecule has 0 aliphatic heterocycles. The minimum Gasteiger partial charge on any atom is -0.493 e. The summed E-state index contributed by atoms with van der Waals surface area (Å²) in [6.45, 7) is -0.451. The van der Waals surface area contributed by atoms with Crippen molar-refractivity contribution in [2.24, 2.45) is 0 Å². The fourth-order valence-electron chi connectivity index (χ4n) is 2.48. The smallest absolute Gasteiger partial charge is 0.322 e. The van der Waals surface area contributed by atoms with Crippen LogP contribution in [0.1, 0.15) is 22.3 Å². The van der Waals surface area contributed by atoms with Crippen LogP contribution in [0.5, 0.6) is 11.5 Å². The molecule has 0 heterocycles. The number of carbonyl (C=O) groups excluding carboxylic acids is 2. The van der Waals surface area contributed by atoms with Crippen LogP contribution in [0.3, 0.4) is 0 Å². The molecular weight excluding hydrogens is 364 g/mol. The molecule has 0 radical (unpaired) electrons. The Kier molecular flexibility index (Phi) is 7.38. The lowest BCUT2D eigenvalue weighted by atomic mass is 10.1. The third-order valence-corrected chi connectivity index (χ3v) is 3.92. The first-order valence-corrected chi connectivity index (χ1v) is 8.53. The Hall–Kier alpha value is -3.55. The standard InChI is InChI=1S/C20H22N2O6/c1-27-16-9-3-13(11-17(16)28-2)4-10-18(23)22-15-7-5-14(6-8-15)20(26)21-12-19(24)25/h3,5-9,11H,4,10,12H2,1-2H3,(H,21,26)(H,22,23)(H,24,25). The molecule has 0 aromatic heterocycles. The van der Waals surface area contributed by atoms with Crippen molar-refractivity contribution in [1.29, 1.82) is 0 Å². The van der Waals surface area contributed by atoms with Crippen LogP contribution in [0.25, 0.3) is 0 Å². The van der Waals surface area contributed by atoms with Gasteiger partial charge in [0.2, 0.25) is 5.91 Å². The molecule has 2 amide bonds. The number of benzene rings is 2. The monoisotopic (exact) mass is 386 g/mol. The third kappa shape index (κ3) is 6.01. The maximum atomic E-state index is 12.1. The number of methoxy groups -OCH3 is 2. The highest BCUT2D eigenvalue weighted by atomic mass is 16.5. The van der Waals surface area contributed by atoms with Gasteiger partial charge in [0.15, 0.2) is 11.5 Å². The summed E-state index contributed by atoms with van der Waals surface area (Å²) >= 11 is 0. The van der Waals surface area contributed by atoms with Crippen molar-refractivity contribution in [3.05, 3.63) is 53.6 Å². The zero-order valence-electron chi connectivity index (χ0n) is 15.7. The number of rotatable bonds is 9. The van der Waals surface area contributed by atoms with Crippen LogP contribution >= 0.6 is 0 Å². The van der Waals surface area contributed by atoms with E-state index < -0.39 is 18.4 Å². The zero-order valence-corrected chi connectivity index (χ0v) is 15.7. The van der Waals surface area contributed by atoms with Crippen LogP contribution in [0, 0.1) is 0 Å². The Morgan fingerprint density at radius 1 is 0.964 bits per heavy atom. The number of carboxylic acids is 1. The molecule has 2 aromatic carbocycles. The van der Waals surface area contributed by atoms with Gasteiger partial charge in [-0.1, -0.05) is 6.07 Å². The van der Waals surface area contributed by atoms with Crippen molar-refractivity contribution in [2.75, 3.05) is 26.1 Å². The Bertz CT molecular complexity index is 848. The molecule has 28 heavy (non-hydrogen) atoms. The zero-order chi connectivity index (χ0) is 20.5. The van der Waals surface area contributed by atoms with E-state index in [1.165, 1.54) is 12.1 Å². The summed E-state index contributed by atoms with van der Waals surface area (Å²) in [7, 11) is 3.12. The van der Waals surface area contributed by atoms with Gasteiger partial charge in [0.05, 0.1) is 14.2 Å². The van der Waals surface area contributed by atoms with Gasteiger partial charge in [-0.25, -0.2) is 0 Å². The molecule has 8 nitrogen and oxygen atoms in total. The third-order valence-electron chi connectivity index (χ3n) is 3.92. The normalized spacial score (nSPS) is 10.1. The Labute approximate surface area is 162 Å². The minimum absolute atomic E-state index is 0.169. The quantitative estimate of drug-likeness (QED) is 0.608. The van der Waals surface area contributed by atoms with E-state index in [1.54, 1.807) is 32.4 Å². The molecule has 0 fully saturated rings.